The third-order valence-electron chi connectivity index (χ3n) is 3.31. The molecule has 0 saturated carbocycles. The molecule has 5 nitrogen and oxygen atoms in total. The normalized spacial score (nSPS) is 20.2. The fraction of sp³-hybridized carbons (Fsp3) is 0.429. The third kappa shape index (κ3) is 3.81. The summed E-state index contributed by atoms with van der Waals surface area (Å²) in [5.41, 5.74) is 1.13. The fourth-order valence-corrected chi connectivity index (χ4v) is 4.10. The van der Waals surface area contributed by atoms with Crippen LogP contribution >= 0.6 is 0 Å². The number of rotatable bonds is 4. The van der Waals surface area contributed by atoms with Crippen LogP contribution in [0.15, 0.2) is 24.3 Å². The highest BCUT2D eigenvalue weighted by Gasteiger charge is 2.29. The van der Waals surface area contributed by atoms with Crippen LogP contribution in [0, 0.1) is 17.2 Å². The van der Waals surface area contributed by atoms with Gasteiger partial charge >= 0.3 is 5.97 Å². The number of sulfone groups is 1. The van der Waals surface area contributed by atoms with E-state index in [0.29, 0.717) is 17.5 Å². The number of nitrogens with zero attached hydrogens (tertiary/aromatic N) is 1. The Labute approximate surface area is 118 Å². The first-order chi connectivity index (χ1) is 9.50. The Morgan fingerprint density at radius 1 is 1.40 bits per heavy atom. The summed E-state index contributed by atoms with van der Waals surface area (Å²) >= 11 is 0. The van der Waals surface area contributed by atoms with Crippen LogP contribution in [-0.4, -0.2) is 25.9 Å². The molecule has 1 aromatic carbocycles. The quantitative estimate of drug-likeness (QED) is 0.784. The molecule has 0 radical (unpaired) electrons. The lowest BCUT2D eigenvalue weighted by molar-refractivity contribution is -0.145. The van der Waals surface area contributed by atoms with Crippen molar-refractivity contribution in [1.29, 1.82) is 5.26 Å². The fourth-order valence-electron chi connectivity index (χ4n) is 2.24. The summed E-state index contributed by atoms with van der Waals surface area (Å²) in [4.78, 5) is 11.7. The van der Waals surface area contributed by atoms with Crippen LogP contribution in [-0.2, 0) is 26.0 Å². The van der Waals surface area contributed by atoms with Crippen molar-refractivity contribution < 1.29 is 17.9 Å². The van der Waals surface area contributed by atoms with Crippen molar-refractivity contribution in [2.75, 3.05) is 11.5 Å². The number of esters is 1. The maximum atomic E-state index is 11.7. The van der Waals surface area contributed by atoms with E-state index in [1.807, 2.05) is 6.07 Å². The van der Waals surface area contributed by atoms with Gasteiger partial charge < -0.3 is 4.74 Å². The van der Waals surface area contributed by atoms with E-state index in [0.717, 1.165) is 0 Å². The molecule has 1 aliphatic heterocycles. The average molecular weight is 293 g/mol. The number of nitriles is 1. The summed E-state index contributed by atoms with van der Waals surface area (Å²) < 4.78 is 27.7. The summed E-state index contributed by atoms with van der Waals surface area (Å²) in [6.45, 7) is 0.0437. The van der Waals surface area contributed by atoms with Gasteiger partial charge in [0.1, 0.15) is 6.61 Å². The Hall–Kier alpha value is -1.87. The summed E-state index contributed by atoms with van der Waals surface area (Å²) in [5, 5.41) is 8.91. The first-order valence-electron chi connectivity index (χ1n) is 6.34. The lowest BCUT2D eigenvalue weighted by Crippen LogP contribution is -2.13. The molecule has 0 bridgehead atoms. The molecule has 0 amide bonds. The van der Waals surface area contributed by atoms with Crippen LogP contribution in [0.25, 0.3) is 0 Å². The predicted octanol–water partition coefficient (Wildman–Crippen LogP) is 1.43. The van der Waals surface area contributed by atoms with Gasteiger partial charge in [-0.15, -0.1) is 0 Å². The van der Waals surface area contributed by atoms with Gasteiger partial charge in [-0.1, -0.05) is 18.2 Å². The zero-order chi connectivity index (χ0) is 14.6. The van der Waals surface area contributed by atoms with Gasteiger partial charge in [-0.3, -0.25) is 4.79 Å². The second-order valence-corrected chi connectivity index (χ2v) is 7.13. The molecule has 6 heteroatoms. The van der Waals surface area contributed by atoms with E-state index >= 15 is 0 Å². The van der Waals surface area contributed by atoms with Gasteiger partial charge in [0.05, 0.1) is 23.1 Å². The Morgan fingerprint density at radius 3 is 2.80 bits per heavy atom. The smallest absolute Gasteiger partial charge is 0.306 e. The first-order valence-corrected chi connectivity index (χ1v) is 8.16. The van der Waals surface area contributed by atoms with Crippen LogP contribution in [0.3, 0.4) is 0 Å². The molecule has 0 spiro atoms. The molecule has 1 fully saturated rings. The SMILES string of the molecule is N#Cc1ccccc1COC(=O)C[C@H]1CCS(=O)(=O)C1. The van der Waals surface area contributed by atoms with E-state index in [1.165, 1.54) is 0 Å². The maximum absolute atomic E-state index is 11.7. The molecule has 0 N–H and O–H groups in total. The lowest BCUT2D eigenvalue weighted by atomic mass is 10.1. The minimum atomic E-state index is -2.97. The molecule has 1 aromatic rings. The topological polar surface area (TPSA) is 84.2 Å². The molecular weight excluding hydrogens is 278 g/mol. The largest absolute Gasteiger partial charge is 0.461 e. The number of benzene rings is 1. The summed E-state index contributed by atoms with van der Waals surface area (Å²) in [6, 6.07) is 8.93. The summed E-state index contributed by atoms with van der Waals surface area (Å²) in [5.74, 6) is -0.336. The van der Waals surface area contributed by atoms with Crippen LogP contribution in [0.1, 0.15) is 24.0 Å². The van der Waals surface area contributed by atoms with Crippen LogP contribution in [0.5, 0.6) is 0 Å². The number of carbonyl (C=O) groups excluding carboxylic acids is 1. The lowest BCUT2D eigenvalue weighted by Gasteiger charge is -2.09. The molecule has 1 heterocycles. The average Bonchev–Trinajstić information content (AvgIpc) is 2.76. The molecule has 1 atom stereocenters. The van der Waals surface area contributed by atoms with E-state index in [4.69, 9.17) is 10.00 Å². The van der Waals surface area contributed by atoms with E-state index in [2.05, 4.69) is 0 Å². The monoisotopic (exact) mass is 293 g/mol. The van der Waals surface area contributed by atoms with E-state index < -0.39 is 15.8 Å². The number of carbonyl (C=O) groups is 1. The van der Waals surface area contributed by atoms with Crippen molar-refractivity contribution in [1.82, 2.24) is 0 Å². The molecule has 1 saturated heterocycles. The van der Waals surface area contributed by atoms with Crippen molar-refractivity contribution >= 4 is 15.8 Å². The maximum Gasteiger partial charge on any atom is 0.306 e. The Kier molecular flexibility index (Phi) is 4.40. The minimum Gasteiger partial charge on any atom is -0.461 e. The first kappa shape index (κ1) is 14.5. The standard InChI is InChI=1S/C14H15NO4S/c15-8-12-3-1-2-4-13(12)9-19-14(16)7-11-5-6-20(17,18)10-11/h1-4,11H,5-7,9-10H2/t11-/m1/s1. The molecule has 106 valence electrons. The number of ether oxygens (including phenoxy) is 1. The third-order valence-corrected chi connectivity index (χ3v) is 5.15. The van der Waals surface area contributed by atoms with Crippen molar-refractivity contribution in [2.45, 2.75) is 19.4 Å². The molecule has 1 aliphatic rings. The van der Waals surface area contributed by atoms with Gasteiger partial charge in [0.25, 0.3) is 0 Å². The van der Waals surface area contributed by atoms with E-state index in [-0.39, 0.29) is 30.5 Å². The van der Waals surface area contributed by atoms with Gasteiger partial charge in [0, 0.05) is 12.0 Å². The summed E-state index contributed by atoms with van der Waals surface area (Å²) in [6.07, 6.45) is 0.639. The molecule has 0 unspecified atom stereocenters. The molecule has 2 rings (SSSR count). The highest BCUT2D eigenvalue weighted by Crippen LogP contribution is 2.22. The van der Waals surface area contributed by atoms with Crippen LogP contribution < -0.4 is 0 Å². The highest BCUT2D eigenvalue weighted by atomic mass is 32.2. The molecule has 20 heavy (non-hydrogen) atoms. The highest BCUT2D eigenvalue weighted by molar-refractivity contribution is 7.91. The van der Waals surface area contributed by atoms with Crippen molar-refractivity contribution in [3.05, 3.63) is 35.4 Å². The van der Waals surface area contributed by atoms with Gasteiger partial charge in [-0.2, -0.15) is 5.26 Å². The second-order valence-electron chi connectivity index (χ2n) is 4.90. The zero-order valence-corrected chi connectivity index (χ0v) is 11.7. The van der Waals surface area contributed by atoms with Crippen LogP contribution in [0.2, 0.25) is 0 Å². The molecule has 0 aromatic heterocycles. The van der Waals surface area contributed by atoms with Gasteiger partial charge in [0.15, 0.2) is 9.84 Å². The van der Waals surface area contributed by atoms with Gasteiger partial charge in [0.2, 0.25) is 0 Å². The Morgan fingerprint density at radius 2 is 2.15 bits per heavy atom. The Balaban J connectivity index is 1.86. The zero-order valence-electron chi connectivity index (χ0n) is 10.9. The minimum absolute atomic E-state index is 0.0437. The molecular formula is C14H15NO4S. The van der Waals surface area contributed by atoms with Crippen molar-refractivity contribution in [3.63, 3.8) is 0 Å². The molecule has 0 aliphatic carbocycles. The number of hydrogen-bond acceptors (Lipinski definition) is 5. The predicted molar refractivity (Wildman–Crippen MR) is 72.3 cm³/mol. The van der Waals surface area contributed by atoms with E-state index in [9.17, 15) is 13.2 Å². The number of hydrogen-bond donors (Lipinski definition) is 0. The summed E-state index contributed by atoms with van der Waals surface area (Å²) in [7, 11) is -2.97. The van der Waals surface area contributed by atoms with Crippen LogP contribution in [0.4, 0.5) is 0 Å². The van der Waals surface area contributed by atoms with Gasteiger partial charge in [-0.05, 0) is 18.4 Å². The van der Waals surface area contributed by atoms with Crippen molar-refractivity contribution in [3.8, 4) is 6.07 Å². The Bertz CT molecular complexity index is 645. The van der Waals surface area contributed by atoms with E-state index in [1.54, 1.807) is 24.3 Å². The van der Waals surface area contributed by atoms with Crippen molar-refractivity contribution in [2.24, 2.45) is 5.92 Å². The van der Waals surface area contributed by atoms with Gasteiger partial charge in [-0.25, -0.2) is 8.42 Å². The second kappa shape index (κ2) is 6.06.